The number of hydrogen-bond acceptors (Lipinski definition) is 6. The monoisotopic (exact) mass is 547 g/mol. The molecule has 0 fully saturated rings. The molecular weight excluding hydrogens is 518 g/mol. The Morgan fingerprint density at radius 3 is 2.39 bits per heavy atom. The average Bonchev–Trinajstić information content (AvgIpc) is 3.61. The fraction of sp³-hybridized carbons (Fsp3) is 0.188. The second-order valence-electron chi connectivity index (χ2n) is 10.1. The van der Waals surface area contributed by atoms with Crippen LogP contribution in [0.15, 0.2) is 91.0 Å². The van der Waals surface area contributed by atoms with Crippen LogP contribution in [0.1, 0.15) is 28.3 Å². The molecule has 0 bridgehead atoms. The smallest absolute Gasteiger partial charge is 0.251 e. The molecule has 0 aliphatic carbocycles. The molecule has 6 rings (SSSR count). The summed E-state index contributed by atoms with van der Waals surface area (Å²) in [5.74, 6) is 0.555. The van der Waals surface area contributed by atoms with E-state index in [1.807, 2.05) is 86.6 Å². The largest absolute Gasteiger partial charge is 0.454 e. The lowest BCUT2D eigenvalue weighted by Crippen LogP contribution is -2.42. The van der Waals surface area contributed by atoms with Crippen LogP contribution in [0.4, 0.5) is 5.69 Å². The van der Waals surface area contributed by atoms with Gasteiger partial charge in [-0.3, -0.25) is 9.59 Å². The normalized spacial score (nSPS) is 12.7. The lowest BCUT2D eigenvalue weighted by atomic mass is 10.0. The molecule has 9 heteroatoms. The Labute approximate surface area is 237 Å². The number of nitrogens with zero attached hydrogens (tertiary/aromatic N) is 4. The Kier molecular flexibility index (Phi) is 7.08. The van der Waals surface area contributed by atoms with Crippen LogP contribution < -0.4 is 14.8 Å². The predicted molar refractivity (Wildman–Crippen MR) is 154 cm³/mol. The molecule has 2 amide bonds. The minimum atomic E-state index is -0.926. The molecule has 5 aromatic rings. The Balaban J connectivity index is 1.38. The summed E-state index contributed by atoms with van der Waals surface area (Å²) in [4.78, 5) is 29.8. The Bertz CT molecular complexity index is 1710. The first kappa shape index (κ1) is 26.1. The SMILES string of the molecule is Cc1ccc(CN(C(=O)Cn2nnc3ccccc32)C(C(=O)Nc2ccc3c(c2)OCO3)c2ccc(C)cc2)cc1. The van der Waals surface area contributed by atoms with E-state index in [0.717, 1.165) is 22.2 Å². The van der Waals surface area contributed by atoms with Gasteiger partial charge in [-0.15, -0.1) is 5.10 Å². The first-order valence-electron chi connectivity index (χ1n) is 13.3. The van der Waals surface area contributed by atoms with Crippen molar-refractivity contribution in [2.75, 3.05) is 12.1 Å². The first-order valence-corrected chi connectivity index (χ1v) is 13.3. The molecule has 4 aromatic carbocycles. The Morgan fingerprint density at radius 2 is 1.61 bits per heavy atom. The summed E-state index contributed by atoms with van der Waals surface area (Å²) in [5.41, 5.74) is 5.74. The number of carbonyl (C=O) groups excluding carboxylic acids is 2. The highest BCUT2D eigenvalue weighted by molar-refractivity contribution is 5.98. The fourth-order valence-electron chi connectivity index (χ4n) is 4.87. The zero-order valence-corrected chi connectivity index (χ0v) is 22.8. The van der Waals surface area contributed by atoms with Crippen molar-refractivity contribution < 1.29 is 19.1 Å². The summed E-state index contributed by atoms with van der Waals surface area (Å²) in [6, 6.07) is 27.4. The molecule has 0 saturated heterocycles. The maximum Gasteiger partial charge on any atom is 0.251 e. The number of amides is 2. The third-order valence-electron chi connectivity index (χ3n) is 7.09. The van der Waals surface area contributed by atoms with E-state index < -0.39 is 6.04 Å². The Hall–Kier alpha value is -5.18. The molecule has 0 spiro atoms. The second kappa shape index (κ2) is 11.1. The molecule has 0 saturated carbocycles. The minimum Gasteiger partial charge on any atom is -0.454 e. The van der Waals surface area contributed by atoms with Gasteiger partial charge in [-0.1, -0.05) is 77.0 Å². The van der Waals surface area contributed by atoms with Gasteiger partial charge in [-0.05, 0) is 49.2 Å². The highest BCUT2D eigenvalue weighted by Crippen LogP contribution is 2.35. The van der Waals surface area contributed by atoms with Crippen molar-refractivity contribution in [3.8, 4) is 11.5 Å². The number of nitrogens with one attached hydrogen (secondary N) is 1. The molecular formula is C32H29N5O4. The van der Waals surface area contributed by atoms with Gasteiger partial charge in [-0.25, -0.2) is 4.68 Å². The van der Waals surface area contributed by atoms with E-state index in [9.17, 15) is 9.59 Å². The number of para-hydroxylation sites is 1. The highest BCUT2D eigenvalue weighted by atomic mass is 16.7. The average molecular weight is 548 g/mol. The molecule has 1 unspecified atom stereocenters. The van der Waals surface area contributed by atoms with Gasteiger partial charge in [0.2, 0.25) is 12.7 Å². The summed E-state index contributed by atoms with van der Waals surface area (Å²) < 4.78 is 12.5. The van der Waals surface area contributed by atoms with Crippen molar-refractivity contribution in [3.05, 3.63) is 113 Å². The highest BCUT2D eigenvalue weighted by Gasteiger charge is 2.32. The lowest BCUT2D eigenvalue weighted by molar-refractivity contribution is -0.140. The van der Waals surface area contributed by atoms with Crippen molar-refractivity contribution in [1.82, 2.24) is 19.9 Å². The van der Waals surface area contributed by atoms with Crippen LogP contribution in [0.5, 0.6) is 11.5 Å². The maximum absolute atomic E-state index is 14.1. The molecule has 0 radical (unpaired) electrons. The molecule has 41 heavy (non-hydrogen) atoms. The van der Waals surface area contributed by atoms with Gasteiger partial charge in [0.05, 0.1) is 5.52 Å². The molecule has 1 aliphatic rings. The van der Waals surface area contributed by atoms with Crippen LogP contribution in [0.25, 0.3) is 11.0 Å². The molecule has 1 aromatic heterocycles. The molecule has 2 heterocycles. The van der Waals surface area contributed by atoms with Gasteiger partial charge in [0, 0.05) is 18.3 Å². The number of carbonyl (C=O) groups is 2. The van der Waals surface area contributed by atoms with Crippen LogP contribution in [0, 0.1) is 13.8 Å². The van der Waals surface area contributed by atoms with Gasteiger partial charge >= 0.3 is 0 Å². The van der Waals surface area contributed by atoms with Gasteiger partial charge in [0.15, 0.2) is 11.5 Å². The molecule has 206 valence electrons. The van der Waals surface area contributed by atoms with Crippen LogP contribution in [0.3, 0.4) is 0 Å². The lowest BCUT2D eigenvalue weighted by Gasteiger charge is -2.32. The van der Waals surface area contributed by atoms with Gasteiger partial charge in [0.25, 0.3) is 5.91 Å². The first-order chi connectivity index (χ1) is 19.9. The maximum atomic E-state index is 14.1. The van der Waals surface area contributed by atoms with Gasteiger partial charge < -0.3 is 19.7 Å². The number of hydrogen-bond donors (Lipinski definition) is 1. The molecule has 9 nitrogen and oxygen atoms in total. The topological polar surface area (TPSA) is 98.6 Å². The number of fused-ring (bicyclic) bond motifs is 2. The van der Waals surface area contributed by atoms with Crippen LogP contribution >= 0.6 is 0 Å². The van der Waals surface area contributed by atoms with E-state index in [1.54, 1.807) is 27.8 Å². The summed E-state index contributed by atoms with van der Waals surface area (Å²) in [5, 5.41) is 11.4. The van der Waals surface area contributed by atoms with Crippen molar-refractivity contribution in [2.45, 2.75) is 33.0 Å². The number of anilines is 1. The molecule has 1 atom stereocenters. The van der Waals surface area contributed by atoms with Gasteiger partial charge in [0.1, 0.15) is 18.1 Å². The van der Waals surface area contributed by atoms with Crippen molar-refractivity contribution in [3.63, 3.8) is 0 Å². The molecule has 1 aliphatic heterocycles. The molecule has 1 N–H and O–H groups in total. The summed E-state index contributed by atoms with van der Waals surface area (Å²) in [6.45, 7) is 4.27. The zero-order chi connectivity index (χ0) is 28.3. The predicted octanol–water partition coefficient (Wildman–Crippen LogP) is 5.19. The van der Waals surface area contributed by atoms with Crippen LogP contribution in [-0.2, 0) is 22.7 Å². The summed E-state index contributed by atoms with van der Waals surface area (Å²) >= 11 is 0. The number of aryl methyl sites for hydroxylation is 2. The number of ether oxygens (including phenoxy) is 2. The minimum absolute atomic E-state index is 0.0773. The van der Waals surface area contributed by atoms with E-state index >= 15 is 0 Å². The second-order valence-corrected chi connectivity index (χ2v) is 10.1. The van der Waals surface area contributed by atoms with Crippen molar-refractivity contribution in [2.24, 2.45) is 0 Å². The van der Waals surface area contributed by atoms with Crippen molar-refractivity contribution in [1.29, 1.82) is 0 Å². The van der Waals surface area contributed by atoms with E-state index in [1.165, 1.54) is 0 Å². The third kappa shape index (κ3) is 5.60. The van der Waals surface area contributed by atoms with E-state index in [0.29, 0.717) is 28.3 Å². The Morgan fingerprint density at radius 1 is 0.902 bits per heavy atom. The summed E-state index contributed by atoms with van der Waals surface area (Å²) in [6.07, 6.45) is 0. The number of rotatable bonds is 8. The quantitative estimate of drug-likeness (QED) is 0.287. The van der Waals surface area contributed by atoms with E-state index in [4.69, 9.17) is 9.47 Å². The zero-order valence-electron chi connectivity index (χ0n) is 22.8. The standard InChI is InChI=1S/C32H29N5O4/c1-21-7-11-23(12-8-21)18-36(30(38)19-37-27-6-4-3-5-26(27)34-35-37)31(24-13-9-22(2)10-14-24)32(39)33-25-15-16-28-29(17-25)41-20-40-28/h3-17,31H,18-20H2,1-2H3,(H,33,39). The van der Waals surface area contributed by atoms with Crippen LogP contribution in [-0.4, -0.2) is 38.5 Å². The summed E-state index contributed by atoms with van der Waals surface area (Å²) in [7, 11) is 0. The van der Waals surface area contributed by atoms with Gasteiger partial charge in [-0.2, -0.15) is 0 Å². The third-order valence-corrected chi connectivity index (χ3v) is 7.09. The van der Waals surface area contributed by atoms with Crippen LogP contribution in [0.2, 0.25) is 0 Å². The fourth-order valence-corrected chi connectivity index (χ4v) is 4.87. The van der Waals surface area contributed by atoms with E-state index in [-0.39, 0.29) is 31.7 Å². The van der Waals surface area contributed by atoms with E-state index in [2.05, 4.69) is 15.6 Å². The number of benzene rings is 4. The number of aromatic nitrogens is 3. The van der Waals surface area contributed by atoms with Crippen molar-refractivity contribution >= 4 is 28.5 Å².